The minimum absolute atomic E-state index is 0.369. The molecule has 7 heteroatoms. The average molecular weight is 221 g/mol. The fourth-order valence-electron chi connectivity index (χ4n) is 1.55. The fourth-order valence-corrected chi connectivity index (χ4v) is 1.55. The summed E-state index contributed by atoms with van der Waals surface area (Å²) in [7, 11) is 0. The van der Waals surface area contributed by atoms with Crippen LogP contribution in [0.5, 0.6) is 0 Å². The van der Waals surface area contributed by atoms with Gasteiger partial charge in [-0.1, -0.05) is 0 Å². The van der Waals surface area contributed by atoms with Crippen molar-refractivity contribution in [2.75, 3.05) is 19.7 Å². The van der Waals surface area contributed by atoms with Crippen molar-refractivity contribution in [3.8, 4) is 0 Å². The average Bonchev–Trinajstić information content (AvgIpc) is 2.25. The lowest BCUT2D eigenvalue weighted by molar-refractivity contribution is -0.196. The minimum atomic E-state index is -1.17. The maximum atomic E-state index is 9.58. The van der Waals surface area contributed by atoms with E-state index in [0.717, 1.165) is 0 Å². The van der Waals surface area contributed by atoms with E-state index in [1.54, 1.807) is 0 Å². The van der Waals surface area contributed by atoms with Crippen LogP contribution in [0.1, 0.15) is 0 Å². The van der Waals surface area contributed by atoms with Gasteiger partial charge in [-0.3, -0.25) is 5.32 Å². The van der Waals surface area contributed by atoms with Crippen LogP contribution >= 0.6 is 0 Å². The van der Waals surface area contributed by atoms with Gasteiger partial charge in [-0.2, -0.15) is 0 Å². The van der Waals surface area contributed by atoms with Crippen LogP contribution in [0.3, 0.4) is 0 Å². The second-order valence-corrected chi connectivity index (χ2v) is 3.58. The van der Waals surface area contributed by atoms with Crippen LogP contribution in [0.15, 0.2) is 0 Å². The van der Waals surface area contributed by atoms with Crippen LogP contribution in [-0.2, 0) is 4.74 Å². The molecule has 0 aliphatic carbocycles. The van der Waals surface area contributed by atoms with E-state index in [2.05, 4.69) is 5.32 Å². The number of aliphatic hydroxyl groups is 3. The summed E-state index contributed by atoms with van der Waals surface area (Å²) >= 11 is 0. The van der Waals surface area contributed by atoms with Gasteiger partial charge in [0.15, 0.2) is 0 Å². The second kappa shape index (κ2) is 5.71. The molecular formula is C8H19N3O4. The van der Waals surface area contributed by atoms with Gasteiger partial charge in [0.2, 0.25) is 0 Å². The molecular weight excluding hydrogens is 202 g/mol. The predicted octanol–water partition coefficient (Wildman–Crippen LogP) is -3.70. The van der Waals surface area contributed by atoms with Crippen molar-refractivity contribution in [2.24, 2.45) is 11.5 Å². The third-order valence-electron chi connectivity index (χ3n) is 2.47. The molecule has 1 fully saturated rings. The number of rotatable bonds is 4. The van der Waals surface area contributed by atoms with Gasteiger partial charge in [0.1, 0.15) is 24.5 Å². The monoisotopic (exact) mass is 221 g/mol. The van der Waals surface area contributed by atoms with E-state index in [0.29, 0.717) is 13.1 Å². The van der Waals surface area contributed by atoms with Gasteiger partial charge in [-0.05, 0) is 0 Å². The van der Waals surface area contributed by atoms with Crippen molar-refractivity contribution in [3.63, 3.8) is 0 Å². The Balaban J connectivity index is 2.57. The summed E-state index contributed by atoms with van der Waals surface area (Å²) in [5, 5.41) is 30.9. The first-order valence-corrected chi connectivity index (χ1v) is 4.93. The molecule has 0 unspecified atom stereocenters. The fraction of sp³-hybridized carbons (Fsp3) is 1.00. The molecule has 90 valence electrons. The number of ether oxygens (including phenoxy) is 1. The molecule has 0 aromatic rings. The highest BCUT2D eigenvalue weighted by Gasteiger charge is 2.41. The summed E-state index contributed by atoms with van der Waals surface area (Å²) in [5.74, 6) is 0. The first kappa shape index (κ1) is 12.8. The van der Waals surface area contributed by atoms with E-state index in [1.807, 2.05) is 0 Å². The summed E-state index contributed by atoms with van der Waals surface area (Å²) in [6.07, 6.45) is -3.72. The molecule has 15 heavy (non-hydrogen) atoms. The zero-order valence-corrected chi connectivity index (χ0v) is 8.41. The predicted molar refractivity (Wildman–Crippen MR) is 52.8 cm³/mol. The van der Waals surface area contributed by atoms with E-state index in [9.17, 15) is 10.2 Å². The molecule has 0 saturated carbocycles. The van der Waals surface area contributed by atoms with E-state index in [4.69, 9.17) is 21.3 Å². The maximum Gasteiger partial charge on any atom is 0.126 e. The summed E-state index contributed by atoms with van der Waals surface area (Å²) in [6, 6.07) is -0.741. The van der Waals surface area contributed by atoms with E-state index < -0.39 is 30.6 Å². The van der Waals surface area contributed by atoms with Crippen molar-refractivity contribution in [1.82, 2.24) is 5.32 Å². The van der Waals surface area contributed by atoms with Crippen LogP contribution in [0.4, 0.5) is 0 Å². The van der Waals surface area contributed by atoms with Crippen LogP contribution in [0.25, 0.3) is 0 Å². The molecule has 5 atom stereocenters. The largest absolute Gasteiger partial charge is 0.394 e. The third-order valence-corrected chi connectivity index (χ3v) is 2.47. The van der Waals surface area contributed by atoms with E-state index in [-0.39, 0.29) is 6.61 Å². The van der Waals surface area contributed by atoms with Gasteiger partial charge < -0.3 is 31.5 Å². The Kier molecular flexibility index (Phi) is 4.87. The Morgan fingerprint density at radius 1 is 1.27 bits per heavy atom. The van der Waals surface area contributed by atoms with Crippen molar-refractivity contribution in [3.05, 3.63) is 0 Å². The smallest absolute Gasteiger partial charge is 0.126 e. The number of aliphatic hydroxyl groups excluding tert-OH is 3. The van der Waals surface area contributed by atoms with Gasteiger partial charge in [0, 0.05) is 13.1 Å². The van der Waals surface area contributed by atoms with Gasteiger partial charge in [0.25, 0.3) is 0 Å². The summed E-state index contributed by atoms with van der Waals surface area (Å²) in [5.41, 5.74) is 11.0. The first-order chi connectivity index (χ1) is 7.11. The highest BCUT2D eigenvalue weighted by atomic mass is 16.5. The molecule has 1 rings (SSSR count). The molecule has 8 N–H and O–H groups in total. The van der Waals surface area contributed by atoms with Crippen molar-refractivity contribution < 1.29 is 20.1 Å². The SMILES string of the molecule is NCCN[C@@H]1O[C@H](CO)[C@@H](O)[C@H](O)[C@H]1N. The third kappa shape index (κ3) is 2.85. The van der Waals surface area contributed by atoms with Crippen LogP contribution in [0, 0.1) is 0 Å². The van der Waals surface area contributed by atoms with E-state index in [1.165, 1.54) is 0 Å². The van der Waals surface area contributed by atoms with Gasteiger partial charge >= 0.3 is 0 Å². The van der Waals surface area contributed by atoms with Gasteiger partial charge in [-0.25, -0.2) is 0 Å². The van der Waals surface area contributed by atoms with Crippen molar-refractivity contribution in [1.29, 1.82) is 0 Å². The molecule has 1 aliphatic rings. The lowest BCUT2D eigenvalue weighted by Gasteiger charge is -2.41. The lowest BCUT2D eigenvalue weighted by Crippen LogP contribution is -2.65. The van der Waals surface area contributed by atoms with Crippen LogP contribution < -0.4 is 16.8 Å². The maximum absolute atomic E-state index is 9.58. The Hall–Kier alpha value is -0.280. The van der Waals surface area contributed by atoms with Gasteiger partial charge in [-0.15, -0.1) is 0 Å². The van der Waals surface area contributed by atoms with Gasteiger partial charge in [0.05, 0.1) is 12.6 Å². The second-order valence-electron chi connectivity index (χ2n) is 3.58. The standard InChI is InChI=1S/C8H19N3O4/c9-1-2-11-8-5(10)7(14)6(13)4(3-12)15-8/h4-8,11-14H,1-3,9-10H2/t4-,5-,6-,7-,8-/m1/s1. The zero-order chi connectivity index (χ0) is 11.4. The molecule has 0 aromatic carbocycles. The molecule has 1 saturated heterocycles. The number of hydrogen-bond acceptors (Lipinski definition) is 7. The molecule has 0 bridgehead atoms. The number of nitrogens with two attached hydrogens (primary N) is 2. The molecule has 1 aliphatic heterocycles. The summed E-state index contributed by atoms with van der Waals surface area (Å²) in [6.45, 7) is 0.528. The minimum Gasteiger partial charge on any atom is -0.394 e. The van der Waals surface area contributed by atoms with Crippen LogP contribution in [-0.4, -0.2) is 65.6 Å². The molecule has 1 heterocycles. The topological polar surface area (TPSA) is 134 Å². The molecule has 0 radical (unpaired) electrons. The number of nitrogens with one attached hydrogen (secondary N) is 1. The molecule has 0 aromatic heterocycles. The Morgan fingerprint density at radius 2 is 1.93 bits per heavy atom. The Morgan fingerprint density at radius 3 is 2.47 bits per heavy atom. The highest BCUT2D eigenvalue weighted by Crippen LogP contribution is 2.17. The van der Waals surface area contributed by atoms with E-state index >= 15 is 0 Å². The Labute approximate surface area is 88.0 Å². The molecule has 7 nitrogen and oxygen atoms in total. The zero-order valence-electron chi connectivity index (χ0n) is 8.41. The summed E-state index contributed by atoms with van der Waals surface area (Å²) < 4.78 is 5.28. The Bertz CT molecular complexity index is 193. The summed E-state index contributed by atoms with van der Waals surface area (Å²) in [4.78, 5) is 0. The quantitative estimate of drug-likeness (QED) is 0.288. The lowest BCUT2D eigenvalue weighted by atomic mass is 9.97. The highest BCUT2D eigenvalue weighted by molar-refractivity contribution is 4.93. The van der Waals surface area contributed by atoms with Crippen molar-refractivity contribution in [2.45, 2.75) is 30.6 Å². The first-order valence-electron chi connectivity index (χ1n) is 4.93. The molecule has 0 amide bonds. The molecule has 0 spiro atoms. The van der Waals surface area contributed by atoms with Crippen LogP contribution in [0.2, 0.25) is 0 Å². The van der Waals surface area contributed by atoms with Crippen molar-refractivity contribution >= 4 is 0 Å². The number of hydrogen-bond donors (Lipinski definition) is 6. The normalized spacial score (nSPS) is 41.8.